The van der Waals surface area contributed by atoms with Crippen LogP contribution in [0.2, 0.25) is 5.15 Å². The average molecular weight is 504 g/mol. The third-order valence-electron chi connectivity index (χ3n) is 5.09. The van der Waals surface area contributed by atoms with E-state index in [0.717, 1.165) is 5.56 Å². The van der Waals surface area contributed by atoms with Gasteiger partial charge in [0.2, 0.25) is 0 Å². The van der Waals surface area contributed by atoms with Gasteiger partial charge in [0.15, 0.2) is 10.9 Å². The van der Waals surface area contributed by atoms with Crippen LogP contribution in [0.15, 0.2) is 75.1 Å². The summed E-state index contributed by atoms with van der Waals surface area (Å²) < 4.78 is 29.8. The molecule has 3 aromatic rings. The van der Waals surface area contributed by atoms with E-state index in [1.165, 1.54) is 11.8 Å². The summed E-state index contributed by atoms with van der Waals surface area (Å²) in [5.74, 6) is -1.52. The highest BCUT2D eigenvalue weighted by Crippen LogP contribution is 2.32. The molecule has 1 aliphatic rings. The molecule has 0 bridgehead atoms. The van der Waals surface area contributed by atoms with Crippen molar-refractivity contribution in [3.63, 3.8) is 0 Å². The number of aromatic nitrogens is 2. The molecule has 1 aliphatic heterocycles. The SMILES string of the molecule is CSc1nc(Cl)cc(CS(=O)(=NC(=O)c2ccccc2)c2ccc(C3(C)OCCO3)cc2)n1. The van der Waals surface area contributed by atoms with Crippen molar-refractivity contribution in [1.82, 2.24) is 9.97 Å². The number of halogens is 1. The molecule has 33 heavy (non-hydrogen) atoms. The monoisotopic (exact) mass is 503 g/mol. The summed E-state index contributed by atoms with van der Waals surface area (Å²) in [6.07, 6.45) is 1.82. The highest BCUT2D eigenvalue weighted by atomic mass is 35.5. The Kier molecular flexibility index (Phi) is 7.16. The Bertz CT molecular complexity index is 1270. The van der Waals surface area contributed by atoms with Crippen molar-refractivity contribution in [3.05, 3.63) is 82.6 Å². The molecule has 1 amide bonds. The van der Waals surface area contributed by atoms with Crippen LogP contribution in [-0.2, 0) is 30.7 Å². The van der Waals surface area contributed by atoms with E-state index in [1.807, 2.05) is 13.2 Å². The molecule has 0 aliphatic carbocycles. The van der Waals surface area contributed by atoms with Crippen molar-refractivity contribution in [3.8, 4) is 0 Å². The van der Waals surface area contributed by atoms with E-state index >= 15 is 0 Å². The molecule has 1 fully saturated rings. The van der Waals surface area contributed by atoms with Crippen molar-refractivity contribution < 1.29 is 18.5 Å². The highest BCUT2D eigenvalue weighted by Gasteiger charge is 2.33. The second-order valence-corrected chi connectivity index (χ2v) is 10.8. The third-order valence-corrected chi connectivity index (χ3v) is 7.99. The molecule has 10 heteroatoms. The van der Waals surface area contributed by atoms with E-state index in [0.29, 0.717) is 34.5 Å². The Morgan fingerprint density at radius 3 is 2.42 bits per heavy atom. The first-order chi connectivity index (χ1) is 15.8. The lowest BCUT2D eigenvalue weighted by atomic mass is 10.1. The number of hydrogen-bond donors (Lipinski definition) is 0. The summed E-state index contributed by atoms with van der Waals surface area (Å²) in [5, 5.41) is 0.687. The average Bonchev–Trinajstić information content (AvgIpc) is 3.27. The van der Waals surface area contributed by atoms with Gasteiger partial charge in [-0.25, -0.2) is 14.2 Å². The van der Waals surface area contributed by atoms with E-state index in [9.17, 15) is 9.00 Å². The maximum Gasteiger partial charge on any atom is 0.285 e. The Labute approximate surface area is 202 Å². The van der Waals surface area contributed by atoms with E-state index < -0.39 is 21.4 Å². The fraction of sp³-hybridized carbons (Fsp3) is 0.261. The molecule has 1 unspecified atom stereocenters. The van der Waals surface area contributed by atoms with Gasteiger partial charge >= 0.3 is 0 Å². The Hall–Kier alpha value is -2.30. The molecule has 0 radical (unpaired) electrons. The van der Waals surface area contributed by atoms with Crippen LogP contribution in [0.5, 0.6) is 0 Å². The van der Waals surface area contributed by atoms with E-state index in [-0.39, 0.29) is 10.9 Å². The van der Waals surface area contributed by atoms with Gasteiger partial charge in [0.05, 0.1) is 34.4 Å². The molecule has 1 saturated heterocycles. The first kappa shape index (κ1) is 23.8. The van der Waals surface area contributed by atoms with Crippen molar-refractivity contribution in [2.75, 3.05) is 19.5 Å². The van der Waals surface area contributed by atoms with Crippen molar-refractivity contribution in [2.45, 2.75) is 28.5 Å². The van der Waals surface area contributed by atoms with Gasteiger partial charge in [-0.1, -0.05) is 53.7 Å². The number of carbonyl (C=O) groups is 1. The number of thioether (sulfide) groups is 1. The van der Waals surface area contributed by atoms with Crippen LogP contribution in [0, 0.1) is 0 Å². The van der Waals surface area contributed by atoms with Crippen molar-refractivity contribution >= 4 is 39.0 Å². The number of ether oxygens (including phenoxy) is 2. The van der Waals surface area contributed by atoms with Gasteiger partial charge < -0.3 is 9.47 Å². The lowest BCUT2D eigenvalue weighted by Crippen LogP contribution is -2.22. The molecule has 2 heterocycles. The van der Waals surface area contributed by atoms with Crippen LogP contribution in [-0.4, -0.2) is 39.6 Å². The minimum atomic E-state index is -3.23. The standard InChI is InChI=1S/C23H22ClN3O4S2/c1-23(30-12-13-31-23)17-8-10-19(11-9-17)33(29,27-21(28)16-6-4-3-5-7-16)15-18-14-20(24)26-22(25-18)32-2/h3-11,14H,12-13,15H2,1-2H3. The Balaban J connectivity index is 1.77. The van der Waals surface area contributed by atoms with Crippen LogP contribution < -0.4 is 0 Å². The fourth-order valence-corrected chi connectivity index (χ4v) is 5.87. The first-order valence-corrected chi connectivity index (χ1v) is 13.4. The van der Waals surface area contributed by atoms with Crippen LogP contribution in [0.25, 0.3) is 0 Å². The zero-order chi connectivity index (χ0) is 23.5. The maximum absolute atomic E-state index is 14.2. The van der Waals surface area contributed by atoms with Crippen LogP contribution in [0.1, 0.15) is 28.5 Å². The van der Waals surface area contributed by atoms with E-state index in [1.54, 1.807) is 60.7 Å². The Morgan fingerprint density at radius 1 is 1.12 bits per heavy atom. The molecule has 1 aromatic heterocycles. The van der Waals surface area contributed by atoms with Gasteiger partial charge in [0, 0.05) is 16.0 Å². The van der Waals surface area contributed by atoms with Gasteiger partial charge in [-0.2, -0.15) is 4.36 Å². The Morgan fingerprint density at radius 2 is 1.79 bits per heavy atom. The predicted molar refractivity (Wildman–Crippen MR) is 128 cm³/mol. The summed E-state index contributed by atoms with van der Waals surface area (Å²) in [6.45, 7) is 2.84. The second kappa shape index (κ2) is 9.90. The number of hydrogen-bond acceptors (Lipinski definition) is 7. The molecule has 4 rings (SSSR count). The van der Waals surface area contributed by atoms with Crippen molar-refractivity contribution in [2.24, 2.45) is 4.36 Å². The molecule has 172 valence electrons. The molecule has 7 nitrogen and oxygen atoms in total. The number of amides is 1. The second-order valence-electron chi connectivity index (χ2n) is 7.38. The number of rotatable bonds is 6. The molecular weight excluding hydrogens is 482 g/mol. The fourth-order valence-electron chi connectivity index (χ4n) is 3.39. The molecule has 0 saturated carbocycles. The van der Waals surface area contributed by atoms with Gasteiger partial charge in [0.1, 0.15) is 5.15 Å². The minimum Gasteiger partial charge on any atom is -0.344 e. The first-order valence-electron chi connectivity index (χ1n) is 10.1. The maximum atomic E-state index is 14.2. The van der Waals surface area contributed by atoms with Crippen molar-refractivity contribution in [1.29, 1.82) is 0 Å². The van der Waals surface area contributed by atoms with E-state index in [4.69, 9.17) is 21.1 Å². The molecule has 0 spiro atoms. The highest BCUT2D eigenvalue weighted by molar-refractivity contribution is 7.98. The van der Waals surface area contributed by atoms with Crippen LogP contribution >= 0.6 is 23.4 Å². The quantitative estimate of drug-likeness (QED) is 0.267. The largest absolute Gasteiger partial charge is 0.344 e. The van der Waals surface area contributed by atoms with Gasteiger partial charge in [-0.05, 0) is 43.5 Å². The summed E-state index contributed by atoms with van der Waals surface area (Å²) in [4.78, 5) is 21.8. The summed E-state index contributed by atoms with van der Waals surface area (Å²) in [6, 6.07) is 17.0. The lowest BCUT2D eigenvalue weighted by Gasteiger charge is -2.23. The lowest BCUT2D eigenvalue weighted by molar-refractivity contribution is -0.149. The number of nitrogens with zero attached hydrogens (tertiary/aromatic N) is 3. The summed E-state index contributed by atoms with van der Waals surface area (Å²) in [5.41, 5.74) is 1.58. The summed E-state index contributed by atoms with van der Waals surface area (Å²) >= 11 is 7.45. The smallest absolute Gasteiger partial charge is 0.285 e. The molecular formula is C23H22ClN3O4S2. The third kappa shape index (κ3) is 5.44. The van der Waals surface area contributed by atoms with Gasteiger partial charge in [-0.15, -0.1) is 0 Å². The molecule has 2 aromatic carbocycles. The topological polar surface area (TPSA) is 90.7 Å². The zero-order valence-electron chi connectivity index (χ0n) is 18.1. The number of carbonyl (C=O) groups excluding carboxylic acids is 1. The van der Waals surface area contributed by atoms with Crippen LogP contribution in [0.3, 0.4) is 0 Å². The zero-order valence-corrected chi connectivity index (χ0v) is 20.5. The van der Waals surface area contributed by atoms with E-state index in [2.05, 4.69) is 14.3 Å². The summed E-state index contributed by atoms with van der Waals surface area (Å²) in [7, 11) is -3.23. The van der Waals surface area contributed by atoms with Crippen LogP contribution in [0.4, 0.5) is 0 Å². The van der Waals surface area contributed by atoms with Gasteiger partial charge in [0.25, 0.3) is 5.91 Å². The van der Waals surface area contributed by atoms with Gasteiger partial charge in [-0.3, -0.25) is 4.79 Å². The minimum absolute atomic E-state index is 0.0923. The number of benzene rings is 2. The normalized spacial score (nSPS) is 16.8. The molecule has 0 N–H and O–H groups in total. The molecule has 1 atom stereocenters. The predicted octanol–water partition coefficient (Wildman–Crippen LogP) is 4.94.